The van der Waals surface area contributed by atoms with E-state index in [1.54, 1.807) is 0 Å². The second-order valence-corrected chi connectivity index (χ2v) is 15.3. The molecule has 0 unspecified atom stereocenters. The molecule has 0 aromatic heterocycles. The van der Waals surface area contributed by atoms with Crippen molar-refractivity contribution in [2.24, 2.45) is 50.2 Å². The highest BCUT2D eigenvalue weighted by Gasteiger charge is 2.73. The molecule has 0 saturated heterocycles. The third kappa shape index (κ3) is 2.94. The molecule has 35 heavy (non-hydrogen) atoms. The average molecular weight is 491 g/mol. The van der Waals surface area contributed by atoms with Gasteiger partial charge in [-0.2, -0.15) is 0 Å². The lowest BCUT2D eigenvalue weighted by Gasteiger charge is -2.73. The standard InChI is InChI=1S/C30H50O5/c1-25(2)14-18-17-8-9-20-27(5)12-11-21(32)26(3,4)19(27)10-13-28(20,6)29(17,7)23(34)24(35)30(18,16-31)22(33)15-25/h8,18-24,31-35H,9-16H2,1-7H3/t18-,19+,20+,21-,22-,23-,24+,27-,28+,29-,30+/m0/s1. The fourth-order valence-electron chi connectivity index (χ4n) is 11.0. The molecule has 4 saturated carbocycles. The summed E-state index contributed by atoms with van der Waals surface area (Å²) in [6.45, 7) is 15.4. The van der Waals surface area contributed by atoms with Crippen LogP contribution in [0.4, 0.5) is 0 Å². The van der Waals surface area contributed by atoms with Gasteiger partial charge in [0.25, 0.3) is 0 Å². The molecule has 5 aliphatic rings. The predicted octanol–water partition coefficient (Wildman–Crippen LogP) is 4.05. The first-order valence-corrected chi connectivity index (χ1v) is 14.1. The Morgan fingerprint density at radius 1 is 0.800 bits per heavy atom. The van der Waals surface area contributed by atoms with Gasteiger partial charge in [0, 0.05) is 5.41 Å². The van der Waals surface area contributed by atoms with Crippen LogP contribution in [0.1, 0.15) is 93.4 Å². The third-order valence-electron chi connectivity index (χ3n) is 13.2. The topological polar surface area (TPSA) is 101 Å². The summed E-state index contributed by atoms with van der Waals surface area (Å²) < 4.78 is 0. The van der Waals surface area contributed by atoms with E-state index in [-0.39, 0.29) is 40.3 Å². The van der Waals surface area contributed by atoms with E-state index in [0.29, 0.717) is 18.3 Å². The van der Waals surface area contributed by atoms with E-state index in [9.17, 15) is 25.5 Å². The Morgan fingerprint density at radius 3 is 2.09 bits per heavy atom. The molecule has 11 atom stereocenters. The SMILES string of the molecule is CC1(C)C[C@H](O)[C@]2(CO)[C@H](O)[C@H](O)[C@]3(C)C(=CC[C@@H]4[C@@]5(C)CC[C@H](O)C(C)(C)[C@H]5CC[C@]43C)[C@@H]2C1. The maximum atomic E-state index is 12.0. The van der Waals surface area contributed by atoms with Crippen molar-refractivity contribution >= 4 is 0 Å². The van der Waals surface area contributed by atoms with E-state index in [1.165, 1.54) is 0 Å². The van der Waals surface area contributed by atoms with Gasteiger partial charge in [-0.25, -0.2) is 0 Å². The minimum atomic E-state index is -1.18. The number of allylic oxidation sites excluding steroid dienone is 1. The molecule has 200 valence electrons. The Bertz CT molecular complexity index is 910. The van der Waals surface area contributed by atoms with Crippen LogP contribution in [-0.2, 0) is 0 Å². The largest absolute Gasteiger partial charge is 0.396 e. The number of aliphatic hydroxyl groups excluding tert-OH is 5. The molecule has 5 nitrogen and oxygen atoms in total. The summed E-state index contributed by atoms with van der Waals surface area (Å²) in [5.74, 6) is 0.579. The molecule has 4 fully saturated rings. The number of hydrogen-bond donors (Lipinski definition) is 5. The Labute approximate surface area is 212 Å². The van der Waals surface area contributed by atoms with Crippen LogP contribution in [0.25, 0.3) is 0 Å². The van der Waals surface area contributed by atoms with Gasteiger partial charge in [-0.05, 0) is 84.4 Å². The van der Waals surface area contributed by atoms with Crippen LogP contribution >= 0.6 is 0 Å². The van der Waals surface area contributed by atoms with Gasteiger partial charge in [0.2, 0.25) is 0 Å². The van der Waals surface area contributed by atoms with Crippen molar-refractivity contribution in [2.75, 3.05) is 6.61 Å². The van der Waals surface area contributed by atoms with Gasteiger partial charge in [0.1, 0.15) is 0 Å². The quantitative estimate of drug-likeness (QED) is 0.357. The van der Waals surface area contributed by atoms with E-state index in [0.717, 1.165) is 44.1 Å². The monoisotopic (exact) mass is 490 g/mol. The van der Waals surface area contributed by atoms with Gasteiger partial charge in [0.05, 0.1) is 36.4 Å². The molecular formula is C30H50O5. The molecule has 0 radical (unpaired) electrons. The Kier molecular flexibility index (Phi) is 5.65. The van der Waals surface area contributed by atoms with Gasteiger partial charge < -0.3 is 25.5 Å². The lowest BCUT2D eigenvalue weighted by Crippen LogP contribution is -2.74. The Morgan fingerprint density at radius 2 is 1.46 bits per heavy atom. The predicted molar refractivity (Wildman–Crippen MR) is 136 cm³/mol. The van der Waals surface area contributed by atoms with E-state index in [4.69, 9.17) is 0 Å². The maximum Gasteiger partial charge on any atom is 0.0916 e. The summed E-state index contributed by atoms with van der Waals surface area (Å²) in [4.78, 5) is 0. The molecule has 0 heterocycles. The second-order valence-electron chi connectivity index (χ2n) is 15.3. The fourth-order valence-corrected chi connectivity index (χ4v) is 11.0. The summed E-state index contributed by atoms with van der Waals surface area (Å²) >= 11 is 0. The summed E-state index contributed by atoms with van der Waals surface area (Å²) in [6, 6.07) is 0. The number of hydrogen-bond acceptors (Lipinski definition) is 5. The van der Waals surface area contributed by atoms with Crippen LogP contribution in [0.5, 0.6) is 0 Å². The normalized spacial score (nSPS) is 56.7. The zero-order chi connectivity index (χ0) is 26.0. The van der Waals surface area contributed by atoms with Gasteiger partial charge >= 0.3 is 0 Å². The molecule has 0 bridgehead atoms. The van der Waals surface area contributed by atoms with Crippen molar-refractivity contribution < 1.29 is 25.5 Å². The van der Waals surface area contributed by atoms with Gasteiger partial charge in [-0.15, -0.1) is 0 Å². The van der Waals surface area contributed by atoms with Crippen molar-refractivity contribution in [3.63, 3.8) is 0 Å². The first-order chi connectivity index (χ1) is 16.0. The van der Waals surface area contributed by atoms with Gasteiger partial charge in [-0.1, -0.05) is 60.1 Å². The number of rotatable bonds is 1. The van der Waals surface area contributed by atoms with Crippen molar-refractivity contribution in [3.05, 3.63) is 11.6 Å². The number of aliphatic hydroxyl groups is 5. The Hall–Kier alpha value is -0.460. The second kappa shape index (κ2) is 7.56. The molecule has 0 aromatic rings. The molecule has 0 spiro atoms. The summed E-state index contributed by atoms with van der Waals surface area (Å²) in [5, 5.41) is 56.7. The van der Waals surface area contributed by atoms with Crippen LogP contribution in [0, 0.1) is 50.2 Å². The number of fused-ring (bicyclic) bond motifs is 7. The molecule has 5 N–H and O–H groups in total. The zero-order valence-corrected chi connectivity index (χ0v) is 23.0. The zero-order valence-electron chi connectivity index (χ0n) is 23.0. The van der Waals surface area contributed by atoms with Crippen molar-refractivity contribution in [1.29, 1.82) is 0 Å². The third-order valence-corrected chi connectivity index (χ3v) is 13.2. The van der Waals surface area contributed by atoms with Crippen molar-refractivity contribution in [3.8, 4) is 0 Å². The first kappa shape index (κ1) is 26.2. The van der Waals surface area contributed by atoms with Crippen molar-refractivity contribution in [2.45, 2.75) is 118 Å². The van der Waals surface area contributed by atoms with E-state index in [1.807, 2.05) is 0 Å². The van der Waals surface area contributed by atoms with E-state index in [2.05, 4.69) is 54.5 Å². The maximum absolute atomic E-state index is 12.0. The molecular weight excluding hydrogens is 440 g/mol. The van der Waals surface area contributed by atoms with Crippen LogP contribution in [0.3, 0.4) is 0 Å². The average Bonchev–Trinajstić information content (AvgIpc) is 2.75. The molecule has 0 aromatic carbocycles. The summed E-state index contributed by atoms with van der Waals surface area (Å²) in [5.41, 5.74) is -1.05. The minimum Gasteiger partial charge on any atom is -0.396 e. The molecule has 5 aliphatic carbocycles. The van der Waals surface area contributed by atoms with Gasteiger partial charge in [0.15, 0.2) is 0 Å². The van der Waals surface area contributed by atoms with Crippen LogP contribution < -0.4 is 0 Å². The first-order valence-electron chi connectivity index (χ1n) is 14.1. The van der Waals surface area contributed by atoms with Crippen LogP contribution in [-0.4, -0.2) is 56.6 Å². The molecule has 0 aliphatic heterocycles. The Balaban J connectivity index is 1.66. The lowest BCUT2D eigenvalue weighted by atomic mass is 9.32. The summed E-state index contributed by atoms with van der Waals surface area (Å²) in [7, 11) is 0. The van der Waals surface area contributed by atoms with Gasteiger partial charge in [-0.3, -0.25) is 0 Å². The molecule has 0 amide bonds. The van der Waals surface area contributed by atoms with Crippen LogP contribution in [0.15, 0.2) is 11.6 Å². The molecule has 5 heteroatoms. The van der Waals surface area contributed by atoms with E-state index >= 15 is 0 Å². The highest BCUT2D eigenvalue weighted by atomic mass is 16.3. The summed E-state index contributed by atoms with van der Waals surface area (Å²) in [6.07, 6.45) is 4.90. The lowest BCUT2D eigenvalue weighted by molar-refractivity contribution is -0.272. The van der Waals surface area contributed by atoms with Crippen molar-refractivity contribution in [1.82, 2.24) is 0 Å². The van der Waals surface area contributed by atoms with Crippen LogP contribution in [0.2, 0.25) is 0 Å². The van der Waals surface area contributed by atoms with E-state index < -0.39 is 29.1 Å². The molecule has 5 rings (SSSR count). The highest BCUT2D eigenvalue weighted by molar-refractivity contribution is 5.38. The highest BCUT2D eigenvalue weighted by Crippen LogP contribution is 2.75. The minimum absolute atomic E-state index is 0.0440. The smallest absolute Gasteiger partial charge is 0.0916 e. The fraction of sp³-hybridized carbons (Fsp3) is 0.933.